The molecule has 4 rings (SSSR count). The molecule has 1 saturated heterocycles. The summed E-state index contributed by atoms with van der Waals surface area (Å²) in [5.41, 5.74) is 3.03. The lowest BCUT2D eigenvalue weighted by molar-refractivity contribution is -0.129. The van der Waals surface area contributed by atoms with Gasteiger partial charge in [-0.2, -0.15) is 0 Å². The highest BCUT2D eigenvalue weighted by atomic mass is 19.1. The summed E-state index contributed by atoms with van der Waals surface area (Å²) in [4.78, 5) is 25.5. The van der Waals surface area contributed by atoms with Crippen LogP contribution in [0.1, 0.15) is 29.6 Å². The van der Waals surface area contributed by atoms with Gasteiger partial charge in [0.05, 0.1) is 25.5 Å². The largest absolute Gasteiger partial charge is 0.378 e. The number of halogens is 1. The van der Waals surface area contributed by atoms with Crippen molar-refractivity contribution in [2.75, 3.05) is 37.7 Å². The Bertz CT molecular complexity index is 835. The molecule has 3 heterocycles. The maximum atomic E-state index is 13.2. The summed E-state index contributed by atoms with van der Waals surface area (Å²) in [7, 11) is 0. The van der Waals surface area contributed by atoms with Crippen molar-refractivity contribution >= 4 is 11.7 Å². The number of hydrogen-bond acceptors (Lipinski definition) is 5. The van der Waals surface area contributed by atoms with Gasteiger partial charge in [-0.15, -0.1) is 0 Å². The van der Waals surface area contributed by atoms with Gasteiger partial charge in [0.1, 0.15) is 17.5 Å². The molecular formula is C20H23FN4O2. The number of carbonyl (C=O) groups excluding carboxylic acids is 1. The van der Waals surface area contributed by atoms with Gasteiger partial charge >= 0.3 is 0 Å². The first-order valence-corrected chi connectivity index (χ1v) is 9.31. The van der Waals surface area contributed by atoms with Crippen LogP contribution in [-0.2, 0) is 28.9 Å². The number of hydrogen-bond donors (Lipinski definition) is 0. The standard InChI is InChI=1S/C20H23FN4O2/c1-14(26)25-7-6-18-17(13-25)20(24-8-10-27-11-9-24)23-19(22-18)12-15-2-4-16(21)5-3-15/h2-5H,6-13H2,1H3. The summed E-state index contributed by atoms with van der Waals surface area (Å²) in [6.45, 7) is 5.72. The highest BCUT2D eigenvalue weighted by Gasteiger charge is 2.27. The average molecular weight is 370 g/mol. The van der Waals surface area contributed by atoms with Gasteiger partial charge in [-0.1, -0.05) is 12.1 Å². The Hall–Kier alpha value is -2.54. The van der Waals surface area contributed by atoms with Crippen molar-refractivity contribution in [3.8, 4) is 0 Å². The predicted molar refractivity (Wildman–Crippen MR) is 99.1 cm³/mol. The fourth-order valence-electron chi connectivity index (χ4n) is 3.62. The number of fused-ring (bicyclic) bond motifs is 1. The second kappa shape index (κ2) is 7.60. The Morgan fingerprint density at radius 1 is 1.15 bits per heavy atom. The first-order valence-electron chi connectivity index (χ1n) is 9.31. The van der Waals surface area contributed by atoms with Crippen molar-refractivity contribution in [2.45, 2.75) is 26.3 Å². The van der Waals surface area contributed by atoms with Crippen molar-refractivity contribution in [3.05, 3.63) is 52.7 Å². The second-order valence-electron chi connectivity index (χ2n) is 6.98. The molecule has 0 N–H and O–H groups in total. The third-order valence-corrected chi connectivity index (χ3v) is 5.12. The lowest BCUT2D eigenvalue weighted by Gasteiger charge is -2.34. The molecule has 27 heavy (non-hydrogen) atoms. The minimum Gasteiger partial charge on any atom is -0.378 e. The lowest BCUT2D eigenvalue weighted by atomic mass is 10.0. The first kappa shape index (κ1) is 17.9. The van der Waals surface area contributed by atoms with Crippen LogP contribution in [0.2, 0.25) is 0 Å². The fraction of sp³-hybridized carbons (Fsp3) is 0.450. The van der Waals surface area contributed by atoms with Gasteiger partial charge in [0.25, 0.3) is 0 Å². The summed E-state index contributed by atoms with van der Waals surface area (Å²) in [5, 5.41) is 0. The maximum Gasteiger partial charge on any atom is 0.219 e. The Balaban J connectivity index is 1.69. The lowest BCUT2D eigenvalue weighted by Crippen LogP contribution is -2.40. The van der Waals surface area contributed by atoms with Gasteiger partial charge in [0, 0.05) is 45.0 Å². The van der Waals surface area contributed by atoms with Gasteiger partial charge < -0.3 is 14.5 Å². The molecule has 0 radical (unpaired) electrons. The van der Waals surface area contributed by atoms with Crippen molar-refractivity contribution < 1.29 is 13.9 Å². The van der Waals surface area contributed by atoms with E-state index in [1.165, 1.54) is 12.1 Å². The number of ether oxygens (including phenoxy) is 1. The summed E-state index contributed by atoms with van der Waals surface area (Å²) in [6.07, 6.45) is 1.28. The van der Waals surface area contributed by atoms with Crippen LogP contribution in [-0.4, -0.2) is 53.6 Å². The van der Waals surface area contributed by atoms with E-state index in [0.29, 0.717) is 32.7 Å². The van der Waals surface area contributed by atoms with E-state index in [0.717, 1.165) is 48.0 Å². The van der Waals surface area contributed by atoms with Gasteiger partial charge in [-0.3, -0.25) is 4.79 Å². The molecule has 1 amide bonds. The Morgan fingerprint density at radius 3 is 2.59 bits per heavy atom. The molecule has 0 spiro atoms. The van der Waals surface area contributed by atoms with E-state index >= 15 is 0 Å². The molecule has 2 aliphatic heterocycles. The normalized spacial score (nSPS) is 17.0. The predicted octanol–water partition coefficient (Wildman–Crippen LogP) is 1.95. The Kier molecular flexibility index (Phi) is 5.03. The Morgan fingerprint density at radius 2 is 1.89 bits per heavy atom. The number of anilines is 1. The summed E-state index contributed by atoms with van der Waals surface area (Å²) in [6, 6.07) is 6.46. The number of aromatic nitrogens is 2. The molecule has 0 unspecified atom stereocenters. The minimum absolute atomic E-state index is 0.0731. The van der Waals surface area contributed by atoms with Crippen LogP contribution in [0.4, 0.5) is 10.2 Å². The van der Waals surface area contributed by atoms with E-state index < -0.39 is 0 Å². The molecule has 0 atom stereocenters. The van der Waals surface area contributed by atoms with Gasteiger partial charge in [0.15, 0.2) is 0 Å². The van der Waals surface area contributed by atoms with E-state index in [9.17, 15) is 9.18 Å². The molecule has 7 heteroatoms. The quantitative estimate of drug-likeness (QED) is 0.827. The molecule has 1 aromatic heterocycles. The van der Waals surface area contributed by atoms with E-state index in [1.54, 1.807) is 19.1 Å². The number of rotatable bonds is 3. The van der Waals surface area contributed by atoms with Crippen LogP contribution >= 0.6 is 0 Å². The SMILES string of the molecule is CC(=O)N1CCc2nc(Cc3ccc(F)cc3)nc(N3CCOCC3)c2C1. The first-order chi connectivity index (χ1) is 13.1. The van der Waals surface area contributed by atoms with E-state index in [4.69, 9.17) is 14.7 Å². The zero-order valence-electron chi connectivity index (χ0n) is 15.4. The molecule has 1 fully saturated rings. The van der Waals surface area contributed by atoms with Crippen LogP contribution in [0.5, 0.6) is 0 Å². The molecule has 0 aliphatic carbocycles. The number of carbonyl (C=O) groups is 1. The smallest absolute Gasteiger partial charge is 0.219 e. The number of benzene rings is 1. The maximum absolute atomic E-state index is 13.2. The third kappa shape index (κ3) is 3.93. The number of amides is 1. The van der Waals surface area contributed by atoms with Gasteiger partial charge in [-0.05, 0) is 17.7 Å². The highest BCUT2D eigenvalue weighted by molar-refractivity contribution is 5.74. The Labute approximate surface area is 158 Å². The van der Waals surface area contributed by atoms with Gasteiger partial charge in [-0.25, -0.2) is 14.4 Å². The van der Waals surface area contributed by atoms with E-state index in [2.05, 4.69) is 4.90 Å². The monoisotopic (exact) mass is 370 g/mol. The molecule has 142 valence electrons. The summed E-state index contributed by atoms with van der Waals surface area (Å²) < 4.78 is 18.7. The van der Waals surface area contributed by atoms with Crippen LogP contribution < -0.4 is 4.90 Å². The van der Waals surface area contributed by atoms with Crippen LogP contribution in [0.25, 0.3) is 0 Å². The second-order valence-corrected chi connectivity index (χ2v) is 6.98. The number of nitrogens with zero attached hydrogens (tertiary/aromatic N) is 4. The topological polar surface area (TPSA) is 58.6 Å². The average Bonchev–Trinajstić information content (AvgIpc) is 2.69. The molecular weight excluding hydrogens is 347 g/mol. The van der Waals surface area contributed by atoms with E-state index in [-0.39, 0.29) is 11.7 Å². The summed E-state index contributed by atoms with van der Waals surface area (Å²) in [5.74, 6) is 1.47. The molecule has 0 saturated carbocycles. The zero-order valence-corrected chi connectivity index (χ0v) is 15.4. The summed E-state index contributed by atoms with van der Waals surface area (Å²) >= 11 is 0. The molecule has 0 bridgehead atoms. The fourth-order valence-corrected chi connectivity index (χ4v) is 3.62. The zero-order chi connectivity index (χ0) is 18.8. The highest BCUT2D eigenvalue weighted by Crippen LogP contribution is 2.28. The molecule has 2 aromatic rings. The van der Waals surface area contributed by atoms with Crippen LogP contribution in [0.3, 0.4) is 0 Å². The van der Waals surface area contributed by atoms with Crippen molar-refractivity contribution in [2.24, 2.45) is 0 Å². The van der Waals surface area contributed by atoms with Crippen molar-refractivity contribution in [1.82, 2.24) is 14.9 Å². The molecule has 6 nitrogen and oxygen atoms in total. The van der Waals surface area contributed by atoms with Crippen LogP contribution in [0, 0.1) is 5.82 Å². The van der Waals surface area contributed by atoms with Gasteiger partial charge in [0.2, 0.25) is 5.91 Å². The minimum atomic E-state index is -0.247. The van der Waals surface area contributed by atoms with Crippen molar-refractivity contribution in [3.63, 3.8) is 0 Å². The van der Waals surface area contributed by atoms with E-state index in [1.807, 2.05) is 4.90 Å². The molecule has 2 aliphatic rings. The van der Waals surface area contributed by atoms with Crippen LogP contribution in [0.15, 0.2) is 24.3 Å². The number of morpholine rings is 1. The molecule has 1 aromatic carbocycles. The van der Waals surface area contributed by atoms with Crippen molar-refractivity contribution in [1.29, 1.82) is 0 Å². The third-order valence-electron chi connectivity index (χ3n) is 5.12.